The zero-order valence-corrected chi connectivity index (χ0v) is 10.1. The average Bonchev–Trinajstić information content (AvgIpc) is 2.39. The third-order valence-electron chi connectivity index (χ3n) is 2.44. The molecule has 0 amide bonds. The Balaban J connectivity index is 2.53. The molecule has 4 N–H and O–H groups in total. The third-order valence-corrected chi connectivity index (χ3v) is 2.44. The van der Waals surface area contributed by atoms with Crippen LogP contribution in [0, 0.1) is 0 Å². The van der Waals surface area contributed by atoms with Crippen LogP contribution in [-0.2, 0) is 6.54 Å². The molecule has 1 atom stereocenters. The molecule has 1 rings (SSSR count). The molecule has 94 valence electrons. The fraction of sp³-hybridized carbons (Fsp3) is 0.455. The van der Waals surface area contributed by atoms with Crippen LogP contribution in [0.3, 0.4) is 0 Å². The van der Waals surface area contributed by atoms with E-state index >= 15 is 0 Å². The van der Waals surface area contributed by atoms with E-state index < -0.39 is 0 Å². The van der Waals surface area contributed by atoms with E-state index in [2.05, 4.69) is 15.5 Å². The Kier molecular flexibility index (Phi) is 5.22. The number of nitrogens with two attached hydrogens (primary N) is 1. The number of rotatable bonds is 6. The van der Waals surface area contributed by atoms with E-state index in [4.69, 9.17) is 15.7 Å². The molecule has 0 saturated heterocycles. The number of amidine groups is 1. The van der Waals surface area contributed by atoms with Crippen LogP contribution < -0.4 is 15.8 Å². The maximum absolute atomic E-state index is 8.60. The summed E-state index contributed by atoms with van der Waals surface area (Å²) in [6, 6.07) is 3.57. The van der Waals surface area contributed by atoms with E-state index in [-0.39, 0.29) is 11.9 Å². The van der Waals surface area contributed by atoms with E-state index in [1.165, 1.54) is 0 Å². The molecule has 1 aromatic heterocycles. The smallest absolute Gasteiger partial charge is 0.212 e. The second-order valence-electron chi connectivity index (χ2n) is 3.58. The van der Waals surface area contributed by atoms with Crippen molar-refractivity contribution in [3.05, 3.63) is 23.9 Å². The Bertz CT molecular complexity index is 364. The van der Waals surface area contributed by atoms with Gasteiger partial charge >= 0.3 is 0 Å². The lowest BCUT2D eigenvalue weighted by Gasteiger charge is -2.15. The molecule has 0 aromatic carbocycles. The van der Waals surface area contributed by atoms with Gasteiger partial charge in [-0.25, -0.2) is 4.98 Å². The first-order chi connectivity index (χ1) is 8.21. The van der Waals surface area contributed by atoms with Crippen LogP contribution >= 0.6 is 0 Å². The fourth-order valence-corrected chi connectivity index (χ4v) is 1.41. The number of oxime groups is 1. The highest BCUT2D eigenvalue weighted by atomic mass is 16.5. The van der Waals surface area contributed by atoms with Gasteiger partial charge in [0.25, 0.3) is 0 Å². The van der Waals surface area contributed by atoms with Crippen LogP contribution in [0.1, 0.15) is 18.9 Å². The van der Waals surface area contributed by atoms with Crippen LogP contribution in [0.15, 0.2) is 23.5 Å². The van der Waals surface area contributed by atoms with Crippen LogP contribution in [0.2, 0.25) is 0 Å². The second kappa shape index (κ2) is 6.70. The van der Waals surface area contributed by atoms with E-state index in [0.717, 1.165) is 12.0 Å². The quantitative estimate of drug-likeness (QED) is 0.294. The summed E-state index contributed by atoms with van der Waals surface area (Å²) >= 11 is 0. The van der Waals surface area contributed by atoms with Crippen LogP contribution in [0.4, 0.5) is 0 Å². The SMILES string of the molecule is CCC(NCc1ccc(OC)nc1)C(N)=NO. The van der Waals surface area contributed by atoms with Gasteiger partial charge in [-0.05, 0) is 12.0 Å². The predicted molar refractivity (Wildman–Crippen MR) is 65.1 cm³/mol. The topological polar surface area (TPSA) is 92.8 Å². The minimum atomic E-state index is -0.137. The number of hydrogen-bond donors (Lipinski definition) is 3. The van der Waals surface area contributed by atoms with Crippen molar-refractivity contribution in [3.8, 4) is 5.88 Å². The summed E-state index contributed by atoms with van der Waals surface area (Å²) in [5.41, 5.74) is 6.55. The lowest BCUT2D eigenvalue weighted by atomic mass is 10.2. The highest BCUT2D eigenvalue weighted by Crippen LogP contribution is 2.06. The monoisotopic (exact) mass is 238 g/mol. The van der Waals surface area contributed by atoms with Crippen molar-refractivity contribution in [1.82, 2.24) is 10.3 Å². The summed E-state index contributed by atoms with van der Waals surface area (Å²) in [6.07, 6.45) is 2.48. The maximum Gasteiger partial charge on any atom is 0.212 e. The molecule has 0 fully saturated rings. The molecule has 0 aliphatic rings. The van der Waals surface area contributed by atoms with Gasteiger partial charge < -0.3 is 21.0 Å². The fourth-order valence-electron chi connectivity index (χ4n) is 1.41. The van der Waals surface area contributed by atoms with E-state index in [9.17, 15) is 0 Å². The number of aromatic nitrogens is 1. The molecule has 0 radical (unpaired) electrons. The van der Waals surface area contributed by atoms with E-state index in [1.807, 2.05) is 13.0 Å². The van der Waals surface area contributed by atoms with Crippen molar-refractivity contribution in [1.29, 1.82) is 0 Å². The zero-order chi connectivity index (χ0) is 12.7. The minimum absolute atomic E-state index is 0.137. The summed E-state index contributed by atoms with van der Waals surface area (Å²) in [5, 5.41) is 14.8. The van der Waals surface area contributed by atoms with Gasteiger partial charge in [0.2, 0.25) is 5.88 Å². The number of methoxy groups -OCH3 is 1. The molecule has 0 spiro atoms. The van der Waals surface area contributed by atoms with Crippen molar-refractivity contribution in [2.45, 2.75) is 25.9 Å². The van der Waals surface area contributed by atoms with Gasteiger partial charge in [0.1, 0.15) is 0 Å². The Hall–Kier alpha value is -1.82. The van der Waals surface area contributed by atoms with Crippen molar-refractivity contribution in [2.75, 3.05) is 7.11 Å². The van der Waals surface area contributed by atoms with Gasteiger partial charge in [-0.15, -0.1) is 0 Å². The second-order valence-corrected chi connectivity index (χ2v) is 3.58. The van der Waals surface area contributed by atoms with Crippen molar-refractivity contribution < 1.29 is 9.94 Å². The molecule has 0 aliphatic heterocycles. The van der Waals surface area contributed by atoms with Crippen LogP contribution in [-0.4, -0.2) is 29.2 Å². The summed E-state index contributed by atoms with van der Waals surface area (Å²) in [5.74, 6) is 0.770. The first-order valence-corrected chi connectivity index (χ1v) is 5.41. The summed E-state index contributed by atoms with van der Waals surface area (Å²) in [4.78, 5) is 4.09. The summed E-state index contributed by atoms with van der Waals surface area (Å²) in [7, 11) is 1.58. The van der Waals surface area contributed by atoms with E-state index in [1.54, 1.807) is 19.4 Å². The van der Waals surface area contributed by atoms with Gasteiger partial charge in [-0.1, -0.05) is 18.1 Å². The third kappa shape index (κ3) is 3.92. The van der Waals surface area contributed by atoms with Crippen molar-refractivity contribution >= 4 is 5.84 Å². The van der Waals surface area contributed by atoms with Gasteiger partial charge in [0.05, 0.1) is 13.2 Å². The van der Waals surface area contributed by atoms with Crippen molar-refractivity contribution in [3.63, 3.8) is 0 Å². The van der Waals surface area contributed by atoms with Crippen LogP contribution in [0.25, 0.3) is 0 Å². The summed E-state index contributed by atoms with van der Waals surface area (Å²) in [6.45, 7) is 2.56. The molecule has 0 aliphatic carbocycles. The molecule has 17 heavy (non-hydrogen) atoms. The Morgan fingerprint density at radius 3 is 2.88 bits per heavy atom. The lowest BCUT2D eigenvalue weighted by molar-refractivity contribution is 0.314. The standard InChI is InChI=1S/C11H18N4O2/c1-3-9(11(12)15-16)13-6-8-4-5-10(17-2)14-7-8/h4-5,7,9,13,16H,3,6H2,1-2H3,(H2,12,15). The van der Waals surface area contributed by atoms with E-state index in [0.29, 0.717) is 12.4 Å². The molecule has 0 saturated carbocycles. The molecule has 6 heteroatoms. The molecule has 6 nitrogen and oxygen atoms in total. The highest BCUT2D eigenvalue weighted by molar-refractivity contribution is 5.85. The van der Waals surface area contributed by atoms with Crippen LogP contribution in [0.5, 0.6) is 5.88 Å². The molecule has 0 bridgehead atoms. The lowest BCUT2D eigenvalue weighted by Crippen LogP contribution is -2.40. The average molecular weight is 238 g/mol. The maximum atomic E-state index is 8.60. The first kappa shape index (κ1) is 13.2. The Labute approximate surface area is 100 Å². The predicted octanol–water partition coefficient (Wildman–Crippen LogP) is 0.705. The number of pyridine rings is 1. The van der Waals surface area contributed by atoms with Gasteiger partial charge in [-0.2, -0.15) is 0 Å². The highest BCUT2D eigenvalue weighted by Gasteiger charge is 2.10. The molecular weight excluding hydrogens is 220 g/mol. The van der Waals surface area contributed by atoms with Gasteiger partial charge in [0.15, 0.2) is 5.84 Å². The minimum Gasteiger partial charge on any atom is -0.481 e. The van der Waals surface area contributed by atoms with Crippen molar-refractivity contribution in [2.24, 2.45) is 10.9 Å². The molecule has 1 unspecified atom stereocenters. The van der Waals surface area contributed by atoms with Gasteiger partial charge in [0, 0.05) is 18.8 Å². The normalized spacial score (nSPS) is 13.4. The number of ether oxygens (including phenoxy) is 1. The Morgan fingerprint density at radius 1 is 1.65 bits per heavy atom. The largest absolute Gasteiger partial charge is 0.481 e. The summed E-state index contributed by atoms with van der Waals surface area (Å²) < 4.78 is 4.97. The molecule has 1 aromatic rings. The molecule has 1 heterocycles. The number of nitrogens with one attached hydrogen (secondary N) is 1. The van der Waals surface area contributed by atoms with Gasteiger partial charge in [-0.3, -0.25) is 0 Å². The first-order valence-electron chi connectivity index (χ1n) is 5.41. The Morgan fingerprint density at radius 2 is 2.41 bits per heavy atom. The number of hydrogen-bond acceptors (Lipinski definition) is 5. The molecular formula is C11H18N4O2. The number of nitrogens with zero attached hydrogens (tertiary/aromatic N) is 2. The zero-order valence-electron chi connectivity index (χ0n) is 10.1.